The number of rotatable bonds is 4. The molecule has 0 radical (unpaired) electrons. The normalized spacial score (nSPS) is 21.7. The molecule has 23 heavy (non-hydrogen) atoms. The summed E-state index contributed by atoms with van der Waals surface area (Å²) >= 11 is 0. The van der Waals surface area contributed by atoms with E-state index in [-0.39, 0.29) is 11.9 Å². The summed E-state index contributed by atoms with van der Waals surface area (Å²) in [6.07, 6.45) is 4.53. The molecule has 6 heteroatoms. The van der Waals surface area contributed by atoms with Crippen molar-refractivity contribution in [3.63, 3.8) is 0 Å². The number of sulfone groups is 1. The van der Waals surface area contributed by atoms with E-state index < -0.39 is 15.1 Å². The summed E-state index contributed by atoms with van der Waals surface area (Å²) in [5, 5.41) is -0.456. The lowest BCUT2D eigenvalue weighted by Gasteiger charge is -2.37. The van der Waals surface area contributed by atoms with Crippen LogP contribution >= 0.6 is 0 Å². The Kier molecular flexibility index (Phi) is 5.34. The molecule has 1 aliphatic rings. The molecule has 1 saturated carbocycles. The van der Waals surface area contributed by atoms with Gasteiger partial charge in [0.1, 0.15) is 0 Å². The molecule has 0 bridgehead atoms. The molecule has 0 saturated heterocycles. The largest absolute Gasteiger partial charge is 0.378 e. The second-order valence-electron chi connectivity index (χ2n) is 6.58. The fourth-order valence-corrected chi connectivity index (χ4v) is 4.78. The number of carbonyl (C=O) groups is 1. The molecule has 2 rings (SSSR count). The lowest BCUT2D eigenvalue weighted by molar-refractivity contribution is 0.0700. The maximum atomic E-state index is 12.8. The first-order valence-corrected chi connectivity index (χ1v) is 9.90. The van der Waals surface area contributed by atoms with Crippen molar-refractivity contribution in [2.75, 3.05) is 32.3 Å². The van der Waals surface area contributed by atoms with Crippen LogP contribution in [0.1, 0.15) is 36.0 Å². The third-order valence-corrected chi connectivity index (χ3v) is 6.29. The van der Waals surface area contributed by atoms with Crippen molar-refractivity contribution in [2.45, 2.75) is 37.0 Å². The zero-order valence-electron chi connectivity index (χ0n) is 14.3. The van der Waals surface area contributed by atoms with E-state index in [2.05, 4.69) is 0 Å². The van der Waals surface area contributed by atoms with Gasteiger partial charge in [-0.1, -0.05) is 18.9 Å². The molecule has 0 spiro atoms. The van der Waals surface area contributed by atoms with E-state index in [1.54, 1.807) is 18.0 Å². The highest BCUT2D eigenvalue weighted by Gasteiger charge is 2.37. The minimum atomic E-state index is -3.16. The number of hydrogen-bond acceptors (Lipinski definition) is 4. The maximum Gasteiger partial charge on any atom is 0.253 e. The first-order chi connectivity index (χ1) is 10.7. The summed E-state index contributed by atoms with van der Waals surface area (Å²) < 4.78 is 24.1. The van der Waals surface area contributed by atoms with Gasteiger partial charge in [-0.2, -0.15) is 0 Å². The summed E-state index contributed by atoms with van der Waals surface area (Å²) in [6, 6.07) is 7.18. The molecular formula is C17H26N2O3S. The molecule has 0 unspecified atom stereocenters. The minimum absolute atomic E-state index is 0.116. The standard InChI is InChI=1S/C17H26N2O3S/c1-18(2)14-9-7-8-13(12-14)17(20)19(3)15-10-5-6-11-16(15)23(4,21)22/h7-9,12,15-16H,5-6,10-11H2,1-4H3/t15-,16+/m0/s1. The second-order valence-corrected chi connectivity index (χ2v) is 8.85. The van der Waals surface area contributed by atoms with Crippen molar-refractivity contribution in [1.29, 1.82) is 0 Å². The number of nitrogens with zero attached hydrogens (tertiary/aromatic N) is 2. The Morgan fingerprint density at radius 2 is 1.78 bits per heavy atom. The zero-order valence-corrected chi connectivity index (χ0v) is 15.1. The summed E-state index contributed by atoms with van der Waals surface area (Å²) in [5.41, 5.74) is 1.55. The van der Waals surface area contributed by atoms with Crippen molar-refractivity contribution in [3.8, 4) is 0 Å². The van der Waals surface area contributed by atoms with E-state index in [0.717, 1.165) is 24.9 Å². The van der Waals surface area contributed by atoms with Gasteiger partial charge in [0.25, 0.3) is 5.91 Å². The Hall–Kier alpha value is -1.56. The molecule has 0 heterocycles. The smallest absolute Gasteiger partial charge is 0.253 e. The van der Waals surface area contributed by atoms with E-state index in [1.165, 1.54) is 6.26 Å². The maximum absolute atomic E-state index is 12.8. The Balaban J connectivity index is 2.26. The van der Waals surface area contributed by atoms with Crippen LogP contribution in [0.4, 0.5) is 5.69 Å². The molecule has 5 nitrogen and oxygen atoms in total. The van der Waals surface area contributed by atoms with Gasteiger partial charge in [0.05, 0.1) is 5.25 Å². The van der Waals surface area contributed by atoms with Gasteiger partial charge in [0.15, 0.2) is 9.84 Å². The zero-order chi connectivity index (χ0) is 17.2. The monoisotopic (exact) mass is 338 g/mol. The number of carbonyl (C=O) groups excluding carboxylic acids is 1. The summed E-state index contributed by atoms with van der Waals surface area (Å²) in [4.78, 5) is 16.4. The van der Waals surface area contributed by atoms with Crippen LogP contribution < -0.4 is 4.90 Å². The van der Waals surface area contributed by atoms with Gasteiger partial charge in [-0.25, -0.2) is 8.42 Å². The van der Waals surface area contributed by atoms with Crippen LogP contribution in [0, 0.1) is 0 Å². The third kappa shape index (κ3) is 4.05. The summed E-state index contributed by atoms with van der Waals surface area (Å²) in [7, 11) is 2.41. The van der Waals surface area contributed by atoms with Crippen LogP contribution in [0.5, 0.6) is 0 Å². The lowest BCUT2D eigenvalue weighted by atomic mass is 9.93. The van der Waals surface area contributed by atoms with E-state index in [1.807, 2.05) is 37.2 Å². The molecule has 1 fully saturated rings. The molecule has 0 aliphatic heterocycles. The molecular weight excluding hydrogens is 312 g/mol. The predicted octanol–water partition coefficient (Wildman–Crippen LogP) is 2.18. The van der Waals surface area contributed by atoms with Gasteiger partial charge >= 0.3 is 0 Å². The fourth-order valence-electron chi connectivity index (χ4n) is 3.29. The number of hydrogen-bond donors (Lipinski definition) is 0. The number of amides is 1. The van der Waals surface area contributed by atoms with Gasteiger partial charge in [0.2, 0.25) is 0 Å². The number of benzene rings is 1. The van der Waals surface area contributed by atoms with E-state index in [4.69, 9.17) is 0 Å². The van der Waals surface area contributed by atoms with Crippen LogP contribution in [-0.4, -0.2) is 57.9 Å². The van der Waals surface area contributed by atoms with Crippen LogP contribution in [0.3, 0.4) is 0 Å². The quantitative estimate of drug-likeness (QED) is 0.844. The van der Waals surface area contributed by atoms with Gasteiger partial charge in [-0.05, 0) is 31.0 Å². The highest BCUT2D eigenvalue weighted by atomic mass is 32.2. The SMILES string of the molecule is CN(C)c1cccc(C(=O)N(C)[C@H]2CCCC[C@H]2S(C)(=O)=O)c1. The van der Waals surface area contributed by atoms with E-state index in [9.17, 15) is 13.2 Å². The molecule has 1 aromatic rings. The average Bonchev–Trinajstić information content (AvgIpc) is 2.52. The average molecular weight is 338 g/mol. The van der Waals surface area contributed by atoms with Crippen molar-refractivity contribution in [3.05, 3.63) is 29.8 Å². The van der Waals surface area contributed by atoms with Crippen molar-refractivity contribution in [2.24, 2.45) is 0 Å². The van der Waals surface area contributed by atoms with Crippen molar-refractivity contribution in [1.82, 2.24) is 4.90 Å². The second kappa shape index (κ2) is 6.91. The predicted molar refractivity (Wildman–Crippen MR) is 93.8 cm³/mol. The molecule has 1 aliphatic carbocycles. The molecule has 0 aromatic heterocycles. The molecule has 128 valence electrons. The first-order valence-electron chi connectivity index (χ1n) is 7.95. The van der Waals surface area contributed by atoms with Crippen LogP contribution in [0.25, 0.3) is 0 Å². The lowest BCUT2D eigenvalue weighted by Crippen LogP contribution is -2.49. The molecule has 2 atom stereocenters. The Morgan fingerprint density at radius 1 is 1.13 bits per heavy atom. The Labute approximate surface area is 139 Å². The minimum Gasteiger partial charge on any atom is -0.378 e. The third-order valence-electron chi connectivity index (χ3n) is 4.64. The number of anilines is 1. The molecule has 1 aromatic carbocycles. The Morgan fingerprint density at radius 3 is 2.39 bits per heavy atom. The van der Waals surface area contributed by atoms with Crippen molar-refractivity contribution >= 4 is 21.4 Å². The van der Waals surface area contributed by atoms with Crippen LogP contribution in [0.2, 0.25) is 0 Å². The van der Waals surface area contributed by atoms with Gasteiger partial charge in [0, 0.05) is 44.7 Å². The van der Waals surface area contributed by atoms with Gasteiger partial charge < -0.3 is 9.80 Å². The highest BCUT2D eigenvalue weighted by molar-refractivity contribution is 7.91. The molecule has 0 N–H and O–H groups in total. The highest BCUT2D eigenvalue weighted by Crippen LogP contribution is 2.28. The Bertz CT molecular complexity index is 670. The topological polar surface area (TPSA) is 57.7 Å². The summed E-state index contributed by atoms with van der Waals surface area (Å²) in [5.74, 6) is -0.116. The first kappa shape index (κ1) is 17.8. The van der Waals surface area contributed by atoms with E-state index >= 15 is 0 Å². The molecule has 1 amide bonds. The summed E-state index contributed by atoms with van der Waals surface area (Å²) in [6.45, 7) is 0. The van der Waals surface area contributed by atoms with Gasteiger partial charge in [-0.15, -0.1) is 0 Å². The fraction of sp³-hybridized carbons (Fsp3) is 0.588. The van der Waals surface area contributed by atoms with Gasteiger partial charge in [-0.3, -0.25) is 4.79 Å². The van der Waals surface area contributed by atoms with Crippen LogP contribution in [-0.2, 0) is 9.84 Å². The van der Waals surface area contributed by atoms with Crippen LogP contribution in [0.15, 0.2) is 24.3 Å². The van der Waals surface area contributed by atoms with Crippen molar-refractivity contribution < 1.29 is 13.2 Å². The van der Waals surface area contributed by atoms with E-state index in [0.29, 0.717) is 12.0 Å².